The van der Waals surface area contributed by atoms with Crippen LogP contribution < -0.4 is 5.56 Å². The first-order chi connectivity index (χ1) is 12.5. The summed E-state index contributed by atoms with van der Waals surface area (Å²) >= 11 is 11.8. The summed E-state index contributed by atoms with van der Waals surface area (Å²) in [6, 6.07) is 13.0. The zero-order valence-electron chi connectivity index (χ0n) is 13.3. The van der Waals surface area contributed by atoms with E-state index in [0.717, 1.165) is 0 Å². The molecule has 0 N–H and O–H groups in total. The van der Waals surface area contributed by atoms with Crippen LogP contribution in [0.15, 0.2) is 47.3 Å². The number of aromatic nitrogens is 2. The van der Waals surface area contributed by atoms with Crippen LogP contribution in [0, 0.1) is 11.3 Å². The van der Waals surface area contributed by atoms with Crippen LogP contribution in [0.4, 0.5) is 0 Å². The van der Waals surface area contributed by atoms with Crippen LogP contribution in [0.2, 0.25) is 10.0 Å². The zero-order chi connectivity index (χ0) is 18.7. The molecule has 0 saturated heterocycles. The molecule has 0 amide bonds. The normalized spacial score (nSPS) is 10.5. The monoisotopic (exact) mass is 387 g/mol. The van der Waals surface area contributed by atoms with Gasteiger partial charge in [-0.15, -0.1) is 0 Å². The van der Waals surface area contributed by atoms with Gasteiger partial charge in [-0.25, -0.2) is 9.78 Å². The molecule has 0 aliphatic heterocycles. The molecule has 1 aromatic heterocycles. The second kappa shape index (κ2) is 7.56. The molecule has 130 valence electrons. The summed E-state index contributed by atoms with van der Waals surface area (Å²) in [5.74, 6) is -0.489. The molecule has 8 heteroatoms. The van der Waals surface area contributed by atoms with E-state index in [-0.39, 0.29) is 30.1 Å². The van der Waals surface area contributed by atoms with Crippen molar-refractivity contribution in [2.24, 2.45) is 0 Å². The largest absolute Gasteiger partial charge is 0.454 e. The van der Waals surface area contributed by atoms with Crippen LogP contribution in [0.25, 0.3) is 10.9 Å². The van der Waals surface area contributed by atoms with E-state index in [0.29, 0.717) is 20.9 Å². The van der Waals surface area contributed by atoms with Gasteiger partial charge in [-0.1, -0.05) is 35.3 Å². The van der Waals surface area contributed by atoms with Crippen molar-refractivity contribution in [3.63, 3.8) is 0 Å². The van der Waals surface area contributed by atoms with E-state index in [4.69, 9.17) is 33.2 Å². The van der Waals surface area contributed by atoms with Gasteiger partial charge in [0.1, 0.15) is 13.2 Å². The number of benzene rings is 2. The van der Waals surface area contributed by atoms with E-state index in [9.17, 15) is 9.59 Å². The average molecular weight is 388 g/mol. The molecule has 0 fully saturated rings. The van der Waals surface area contributed by atoms with Crippen molar-refractivity contribution in [1.29, 1.82) is 5.26 Å². The molecule has 1 heterocycles. The van der Waals surface area contributed by atoms with Crippen molar-refractivity contribution in [2.45, 2.75) is 13.2 Å². The first-order valence-electron chi connectivity index (χ1n) is 7.48. The van der Waals surface area contributed by atoms with E-state index in [1.807, 2.05) is 6.07 Å². The quantitative estimate of drug-likeness (QED) is 0.638. The highest BCUT2D eigenvalue weighted by Crippen LogP contribution is 2.20. The van der Waals surface area contributed by atoms with Gasteiger partial charge in [-0.05, 0) is 30.3 Å². The van der Waals surface area contributed by atoms with Gasteiger partial charge < -0.3 is 4.74 Å². The summed E-state index contributed by atoms with van der Waals surface area (Å²) in [6.07, 6.45) is 0. The van der Waals surface area contributed by atoms with Crippen LogP contribution in [-0.2, 0) is 17.9 Å². The van der Waals surface area contributed by atoms with Crippen molar-refractivity contribution in [3.8, 4) is 6.07 Å². The maximum Gasteiger partial charge on any atom is 0.338 e. The van der Waals surface area contributed by atoms with Gasteiger partial charge in [-0.2, -0.15) is 5.26 Å². The van der Waals surface area contributed by atoms with Crippen LogP contribution >= 0.6 is 23.2 Å². The lowest BCUT2D eigenvalue weighted by atomic mass is 10.2. The van der Waals surface area contributed by atoms with E-state index in [1.165, 1.54) is 22.8 Å². The SMILES string of the molecule is N#CCn1c(COC(=O)c2cc(Cl)cc(Cl)c2)nc2ccccc2c1=O. The number of halogens is 2. The summed E-state index contributed by atoms with van der Waals surface area (Å²) in [5, 5.41) is 9.97. The number of rotatable bonds is 4. The highest BCUT2D eigenvalue weighted by atomic mass is 35.5. The van der Waals surface area contributed by atoms with Crippen LogP contribution in [0.3, 0.4) is 0 Å². The molecule has 3 rings (SSSR count). The highest BCUT2D eigenvalue weighted by Gasteiger charge is 2.14. The molecule has 0 saturated carbocycles. The standard InChI is InChI=1S/C18H11Cl2N3O3/c19-12-7-11(8-13(20)9-12)18(25)26-10-16-22-15-4-2-1-3-14(15)17(24)23(16)6-5-21/h1-4,7-9H,6,10H2. The minimum Gasteiger partial charge on any atom is -0.454 e. The highest BCUT2D eigenvalue weighted by molar-refractivity contribution is 6.35. The van der Waals surface area contributed by atoms with Gasteiger partial charge in [-0.3, -0.25) is 9.36 Å². The van der Waals surface area contributed by atoms with Gasteiger partial charge in [0, 0.05) is 10.0 Å². The van der Waals surface area contributed by atoms with Crippen LogP contribution in [0.5, 0.6) is 0 Å². The maximum absolute atomic E-state index is 12.5. The van der Waals surface area contributed by atoms with Crippen molar-refractivity contribution in [2.75, 3.05) is 0 Å². The van der Waals surface area contributed by atoms with Crippen LogP contribution in [0.1, 0.15) is 16.2 Å². The molecule has 0 bridgehead atoms. The molecular weight excluding hydrogens is 377 g/mol. The Morgan fingerprint density at radius 2 is 1.88 bits per heavy atom. The predicted molar refractivity (Wildman–Crippen MR) is 97.2 cm³/mol. The molecule has 2 aromatic carbocycles. The first-order valence-corrected chi connectivity index (χ1v) is 8.24. The fourth-order valence-electron chi connectivity index (χ4n) is 2.44. The van der Waals surface area contributed by atoms with Crippen molar-refractivity contribution in [1.82, 2.24) is 9.55 Å². The molecular formula is C18H11Cl2N3O3. The average Bonchev–Trinajstić information content (AvgIpc) is 2.61. The Hall–Kier alpha value is -2.88. The Morgan fingerprint density at radius 1 is 1.19 bits per heavy atom. The number of hydrogen-bond donors (Lipinski definition) is 0. The number of esters is 1. The van der Waals surface area contributed by atoms with Crippen molar-refractivity contribution < 1.29 is 9.53 Å². The van der Waals surface area contributed by atoms with Gasteiger partial charge in [0.15, 0.2) is 5.82 Å². The number of para-hydroxylation sites is 1. The topological polar surface area (TPSA) is 85.0 Å². The Balaban J connectivity index is 1.93. The molecule has 3 aromatic rings. The third-order valence-corrected chi connectivity index (χ3v) is 4.04. The smallest absolute Gasteiger partial charge is 0.338 e. The second-order valence-electron chi connectivity index (χ2n) is 5.33. The summed E-state index contributed by atoms with van der Waals surface area (Å²) in [7, 11) is 0. The molecule has 0 aliphatic carbocycles. The lowest BCUT2D eigenvalue weighted by molar-refractivity contribution is 0.0457. The van der Waals surface area contributed by atoms with Gasteiger partial charge in [0.05, 0.1) is 22.5 Å². The number of fused-ring (bicyclic) bond motifs is 1. The van der Waals surface area contributed by atoms with Gasteiger partial charge in [0.25, 0.3) is 5.56 Å². The summed E-state index contributed by atoms with van der Waals surface area (Å²) < 4.78 is 6.41. The Morgan fingerprint density at radius 3 is 2.58 bits per heavy atom. The molecule has 26 heavy (non-hydrogen) atoms. The number of carbonyl (C=O) groups is 1. The summed E-state index contributed by atoms with van der Waals surface area (Å²) in [5.41, 5.74) is 0.273. The number of hydrogen-bond acceptors (Lipinski definition) is 5. The van der Waals surface area contributed by atoms with E-state index >= 15 is 0 Å². The molecule has 0 atom stereocenters. The Labute approximate surface area is 158 Å². The fraction of sp³-hybridized carbons (Fsp3) is 0.111. The minimum absolute atomic E-state index is 0.178. The predicted octanol–water partition coefficient (Wildman–Crippen LogP) is 3.58. The fourth-order valence-corrected chi connectivity index (χ4v) is 2.97. The minimum atomic E-state index is -0.666. The Kier molecular flexibility index (Phi) is 5.21. The van der Waals surface area contributed by atoms with Crippen molar-refractivity contribution >= 4 is 40.1 Å². The molecule has 6 nitrogen and oxygen atoms in total. The third-order valence-electron chi connectivity index (χ3n) is 3.60. The molecule has 0 radical (unpaired) electrons. The van der Waals surface area contributed by atoms with E-state index in [2.05, 4.69) is 4.98 Å². The first kappa shape index (κ1) is 17.9. The molecule has 0 aliphatic rings. The van der Waals surface area contributed by atoms with Gasteiger partial charge in [0.2, 0.25) is 0 Å². The van der Waals surface area contributed by atoms with Gasteiger partial charge >= 0.3 is 5.97 Å². The summed E-state index contributed by atoms with van der Waals surface area (Å²) in [4.78, 5) is 29.1. The zero-order valence-corrected chi connectivity index (χ0v) is 14.8. The maximum atomic E-state index is 12.5. The molecule has 0 unspecified atom stereocenters. The van der Waals surface area contributed by atoms with E-state index in [1.54, 1.807) is 24.3 Å². The number of nitrogens with zero attached hydrogens (tertiary/aromatic N) is 3. The number of nitriles is 1. The lowest BCUT2D eigenvalue weighted by Gasteiger charge is -2.11. The summed E-state index contributed by atoms with van der Waals surface area (Å²) in [6.45, 7) is -0.475. The second-order valence-corrected chi connectivity index (χ2v) is 6.20. The molecule has 0 spiro atoms. The van der Waals surface area contributed by atoms with E-state index < -0.39 is 5.97 Å². The third kappa shape index (κ3) is 3.69. The number of ether oxygens (including phenoxy) is 1. The number of carbonyl (C=O) groups excluding carboxylic acids is 1. The van der Waals surface area contributed by atoms with Crippen molar-refractivity contribution in [3.05, 3.63) is 74.3 Å². The lowest BCUT2D eigenvalue weighted by Crippen LogP contribution is -2.26. The Bertz CT molecular complexity index is 1080. The van der Waals surface area contributed by atoms with Crippen LogP contribution in [-0.4, -0.2) is 15.5 Å².